The molecule has 2 unspecified atom stereocenters. The van der Waals surface area contributed by atoms with Crippen LogP contribution in [-0.4, -0.2) is 42.7 Å². The van der Waals surface area contributed by atoms with Gasteiger partial charge in [0.25, 0.3) is 0 Å². The van der Waals surface area contributed by atoms with Gasteiger partial charge in [0.15, 0.2) is 0 Å². The van der Waals surface area contributed by atoms with Crippen LogP contribution in [0, 0.1) is 11.3 Å². The Kier molecular flexibility index (Phi) is 5.90. The van der Waals surface area contributed by atoms with Crippen LogP contribution in [0.25, 0.3) is 0 Å². The van der Waals surface area contributed by atoms with E-state index >= 15 is 0 Å². The van der Waals surface area contributed by atoms with Gasteiger partial charge in [-0.1, -0.05) is 6.07 Å². The molecule has 0 radical (unpaired) electrons. The van der Waals surface area contributed by atoms with E-state index in [1.165, 1.54) is 25.0 Å². The van der Waals surface area contributed by atoms with Crippen LogP contribution in [-0.2, 0) is 11.3 Å². The Labute approximate surface area is 144 Å². The highest BCUT2D eigenvalue weighted by molar-refractivity contribution is 5.73. The molecular weight excluding hydrogens is 335 g/mol. The number of hydrogen-bond acceptors (Lipinski definition) is 4. The van der Waals surface area contributed by atoms with Gasteiger partial charge in [-0.25, -0.2) is 0 Å². The van der Waals surface area contributed by atoms with Crippen LogP contribution >= 0.6 is 0 Å². The molecule has 1 saturated heterocycles. The van der Waals surface area contributed by atoms with E-state index in [0.29, 0.717) is 16.9 Å². The average molecular weight is 355 g/mol. The monoisotopic (exact) mass is 355 g/mol. The first-order chi connectivity index (χ1) is 11.7. The van der Waals surface area contributed by atoms with Crippen LogP contribution in [0.15, 0.2) is 18.2 Å². The molecule has 0 aromatic heterocycles. The van der Waals surface area contributed by atoms with Gasteiger partial charge in [0, 0.05) is 26.1 Å². The second kappa shape index (κ2) is 7.74. The highest BCUT2D eigenvalue weighted by atomic mass is 19.4. The molecule has 1 aromatic rings. The minimum Gasteiger partial charge on any atom is -0.495 e. The largest absolute Gasteiger partial charge is 0.495 e. The quantitative estimate of drug-likeness (QED) is 0.902. The second-order valence-electron chi connectivity index (χ2n) is 6.11. The van der Waals surface area contributed by atoms with Gasteiger partial charge < -0.3 is 10.1 Å². The summed E-state index contributed by atoms with van der Waals surface area (Å²) in [5.74, 6) is 0.0782. The number of nitrogens with one attached hydrogen (secondary N) is 1. The number of benzene rings is 1. The van der Waals surface area contributed by atoms with Gasteiger partial charge in [-0.05, 0) is 30.5 Å². The fraction of sp³-hybridized carbons (Fsp3) is 0.529. The van der Waals surface area contributed by atoms with E-state index in [0.717, 1.165) is 0 Å². The third kappa shape index (κ3) is 4.86. The first-order valence-corrected chi connectivity index (χ1v) is 7.89. The van der Waals surface area contributed by atoms with Crippen molar-refractivity contribution < 1.29 is 22.7 Å². The molecule has 0 bridgehead atoms. The Morgan fingerprint density at radius 3 is 2.72 bits per heavy atom. The van der Waals surface area contributed by atoms with Crippen LogP contribution in [0.5, 0.6) is 5.75 Å². The summed E-state index contributed by atoms with van der Waals surface area (Å²) in [4.78, 5) is 12.5. The van der Waals surface area contributed by atoms with Crippen LogP contribution < -0.4 is 10.1 Å². The van der Waals surface area contributed by atoms with E-state index in [9.17, 15) is 18.0 Å². The number of nitrogens with zero attached hydrogens (tertiary/aromatic N) is 2. The normalized spacial score (nSPS) is 21.4. The summed E-state index contributed by atoms with van der Waals surface area (Å²) in [5, 5.41) is 11.7. The van der Waals surface area contributed by atoms with Crippen molar-refractivity contribution in [3.8, 4) is 11.8 Å². The molecular formula is C17H20F3N3O2. The van der Waals surface area contributed by atoms with Crippen molar-refractivity contribution in [2.75, 3.05) is 13.7 Å². The van der Waals surface area contributed by atoms with Crippen molar-refractivity contribution >= 4 is 5.91 Å². The smallest absolute Gasteiger partial charge is 0.404 e. The lowest BCUT2D eigenvalue weighted by Crippen LogP contribution is -2.55. The summed E-state index contributed by atoms with van der Waals surface area (Å²) in [6.07, 6.45) is -4.11. The molecule has 2 rings (SSSR count). The number of nitriles is 1. The number of carbonyl (C=O) groups is 1. The average Bonchev–Trinajstić information content (AvgIpc) is 2.53. The van der Waals surface area contributed by atoms with Crippen LogP contribution in [0.4, 0.5) is 13.2 Å². The molecule has 1 aliphatic heterocycles. The summed E-state index contributed by atoms with van der Waals surface area (Å²) in [5.41, 5.74) is 0.946. The molecule has 25 heavy (non-hydrogen) atoms. The maximum atomic E-state index is 13.4. The molecule has 1 fully saturated rings. The van der Waals surface area contributed by atoms with E-state index in [2.05, 4.69) is 5.32 Å². The Morgan fingerprint density at radius 2 is 2.16 bits per heavy atom. The Bertz CT molecular complexity index is 670. The number of amides is 1. The lowest BCUT2D eigenvalue weighted by molar-refractivity contribution is -0.194. The van der Waals surface area contributed by atoms with Crippen LogP contribution in [0.1, 0.15) is 30.9 Å². The summed E-state index contributed by atoms with van der Waals surface area (Å²) < 4.78 is 45.2. The third-order valence-electron chi connectivity index (χ3n) is 4.24. The Morgan fingerprint density at radius 1 is 1.44 bits per heavy atom. The van der Waals surface area contributed by atoms with Crippen LogP contribution in [0.3, 0.4) is 0 Å². The Hall–Kier alpha value is -2.27. The lowest BCUT2D eigenvalue weighted by atomic mass is 9.96. The molecule has 1 heterocycles. The van der Waals surface area contributed by atoms with Crippen molar-refractivity contribution in [2.45, 2.75) is 44.6 Å². The van der Waals surface area contributed by atoms with Gasteiger partial charge in [-0.3, -0.25) is 9.69 Å². The first-order valence-electron chi connectivity index (χ1n) is 7.89. The lowest BCUT2D eigenvalue weighted by Gasteiger charge is -2.40. The number of likely N-dealkylation sites (tertiary alicyclic amines) is 1. The molecule has 5 nitrogen and oxygen atoms in total. The highest BCUT2D eigenvalue weighted by Crippen LogP contribution is 2.33. The van der Waals surface area contributed by atoms with E-state index < -0.39 is 12.2 Å². The first kappa shape index (κ1) is 19.1. The van der Waals surface area contributed by atoms with Gasteiger partial charge >= 0.3 is 6.18 Å². The van der Waals surface area contributed by atoms with Crippen LogP contribution in [0.2, 0.25) is 0 Å². The van der Waals surface area contributed by atoms with E-state index in [1.54, 1.807) is 12.1 Å². The number of piperidine rings is 1. The zero-order valence-electron chi connectivity index (χ0n) is 14.1. The predicted molar refractivity (Wildman–Crippen MR) is 84.8 cm³/mol. The van der Waals surface area contributed by atoms with Gasteiger partial charge in [-0.2, -0.15) is 18.4 Å². The molecule has 1 amide bonds. The summed E-state index contributed by atoms with van der Waals surface area (Å²) in [6.45, 7) is 1.53. The molecule has 0 saturated carbocycles. The van der Waals surface area contributed by atoms with E-state index in [1.807, 2.05) is 6.07 Å². The number of halogens is 3. The minimum atomic E-state index is -4.34. The molecule has 2 atom stereocenters. The van der Waals surface area contributed by atoms with Gasteiger partial charge in [-0.15, -0.1) is 0 Å². The Balaban J connectivity index is 2.22. The standard InChI is InChI=1S/C17H20F3N3O2/c1-11(24)22-14-5-6-16(17(18,19)20)23(10-14)9-12-3-4-13(8-21)15(7-12)25-2/h3-4,7,14,16H,5-6,9-10H2,1-2H3,(H,22,24). The minimum absolute atomic E-state index is 0.0579. The summed E-state index contributed by atoms with van der Waals surface area (Å²) in [6, 6.07) is 4.84. The van der Waals surface area contributed by atoms with E-state index in [-0.39, 0.29) is 37.9 Å². The molecule has 0 spiro atoms. The fourth-order valence-electron chi connectivity index (χ4n) is 3.15. The molecule has 1 aromatic carbocycles. The van der Waals surface area contributed by atoms with Gasteiger partial charge in [0.05, 0.1) is 12.7 Å². The fourth-order valence-corrected chi connectivity index (χ4v) is 3.15. The number of ether oxygens (including phenoxy) is 1. The van der Waals surface area contributed by atoms with Crippen molar-refractivity contribution in [1.82, 2.24) is 10.2 Å². The van der Waals surface area contributed by atoms with Crippen molar-refractivity contribution in [1.29, 1.82) is 5.26 Å². The zero-order chi connectivity index (χ0) is 18.6. The van der Waals surface area contributed by atoms with Gasteiger partial charge in [0.1, 0.15) is 17.9 Å². The number of hydrogen-bond donors (Lipinski definition) is 1. The molecule has 1 aliphatic rings. The number of rotatable bonds is 4. The summed E-state index contributed by atoms with van der Waals surface area (Å²) in [7, 11) is 1.41. The number of methoxy groups -OCH3 is 1. The highest BCUT2D eigenvalue weighted by Gasteiger charge is 2.46. The second-order valence-corrected chi connectivity index (χ2v) is 6.11. The predicted octanol–water partition coefficient (Wildman–Crippen LogP) is 2.60. The van der Waals surface area contributed by atoms with Crippen molar-refractivity contribution in [3.63, 3.8) is 0 Å². The molecule has 0 aliphatic carbocycles. The number of alkyl halides is 3. The topological polar surface area (TPSA) is 65.4 Å². The SMILES string of the molecule is COc1cc(CN2CC(NC(C)=O)CCC2C(F)(F)F)ccc1C#N. The maximum Gasteiger partial charge on any atom is 0.404 e. The molecule has 136 valence electrons. The molecule has 8 heteroatoms. The zero-order valence-corrected chi connectivity index (χ0v) is 14.1. The molecule has 1 N–H and O–H groups in total. The van der Waals surface area contributed by atoms with Crippen molar-refractivity contribution in [2.24, 2.45) is 0 Å². The summed E-state index contributed by atoms with van der Waals surface area (Å²) >= 11 is 0. The number of carbonyl (C=O) groups excluding carboxylic acids is 1. The van der Waals surface area contributed by atoms with Crippen molar-refractivity contribution in [3.05, 3.63) is 29.3 Å². The van der Waals surface area contributed by atoms with E-state index in [4.69, 9.17) is 10.00 Å². The maximum absolute atomic E-state index is 13.4. The van der Waals surface area contributed by atoms with Gasteiger partial charge in [0.2, 0.25) is 5.91 Å². The third-order valence-corrected chi connectivity index (χ3v) is 4.24.